The summed E-state index contributed by atoms with van der Waals surface area (Å²) in [4.78, 5) is 25.5. The maximum atomic E-state index is 13.8. The highest BCUT2D eigenvalue weighted by Crippen LogP contribution is 2.27. The number of aromatic nitrogens is 3. The van der Waals surface area contributed by atoms with Gasteiger partial charge in [-0.2, -0.15) is 5.10 Å². The molecule has 0 aliphatic rings. The predicted octanol–water partition coefficient (Wildman–Crippen LogP) is 3.88. The van der Waals surface area contributed by atoms with Gasteiger partial charge in [-0.05, 0) is 30.5 Å². The third kappa shape index (κ3) is 4.91. The summed E-state index contributed by atoms with van der Waals surface area (Å²) in [7, 11) is 1.73. The molecule has 0 fully saturated rings. The topological polar surface area (TPSA) is 78.2 Å². The number of carbonyl (C=O) groups excluding carboxylic acids is 1. The number of carbonyl (C=O) groups is 1. The highest BCUT2D eigenvalue weighted by atomic mass is 19.1. The summed E-state index contributed by atoms with van der Waals surface area (Å²) in [6, 6.07) is 6.65. The Bertz CT molecular complexity index is 1090. The maximum Gasteiger partial charge on any atom is 0.254 e. The van der Waals surface area contributed by atoms with Crippen LogP contribution in [0.5, 0.6) is 11.5 Å². The lowest BCUT2D eigenvalue weighted by Gasteiger charge is -2.21. The molecule has 0 aliphatic heterocycles. The van der Waals surface area contributed by atoms with Crippen LogP contribution in [0.15, 0.2) is 53.6 Å². The van der Waals surface area contributed by atoms with E-state index in [0.29, 0.717) is 12.2 Å². The van der Waals surface area contributed by atoms with E-state index in [2.05, 4.69) is 10.4 Å². The Morgan fingerprint density at radius 1 is 1.17 bits per heavy atom. The van der Waals surface area contributed by atoms with Crippen LogP contribution in [-0.4, -0.2) is 20.3 Å². The Morgan fingerprint density at radius 2 is 1.87 bits per heavy atom. The predicted molar refractivity (Wildman–Crippen MR) is 107 cm³/mol. The Balaban J connectivity index is 1.87. The first kappa shape index (κ1) is 21.2. The van der Waals surface area contributed by atoms with Crippen LogP contribution in [0.3, 0.4) is 0 Å². The molecule has 158 valence electrons. The number of anilines is 1. The molecule has 2 heterocycles. The van der Waals surface area contributed by atoms with Gasteiger partial charge in [0.1, 0.15) is 11.8 Å². The Hall–Kier alpha value is -3.49. The molecular weight excluding hydrogens is 394 g/mol. The zero-order valence-electron chi connectivity index (χ0n) is 16.8. The zero-order chi connectivity index (χ0) is 21.8. The number of nitrogens with one attached hydrogen (secondary N) is 1. The minimum atomic E-state index is -0.883. The molecule has 1 atom stereocenters. The number of rotatable bonds is 7. The first-order valence-electron chi connectivity index (χ1n) is 9.39. The fourth-order valence-corrected chi connectivity index (χ4v) is 2.98. The van der Waals surface area contributed by atoms with Gasteiger partial charge in [0.2, 0.25) is 5.91 Å². The van der Waals surface area contributed by atoms with Gasteiger partial charge in [0.15, 0.2) is 23.2 Å². The Labute approximate surface area is 171 Å². The zero-order valence-corrected chi connectivity index (χ0v) is 16.8. The van der Waals surface area contributed by atoms with Crippen LogP contribution in [0.1, 0.15) is 26.3 Å². The number of benzene rings is 1. The molecule has 0 saturated heterocycles. The molecule has 0 spiro atoms. The van der Waals surface area contributed by atoms with Crippen molar-refractivity contribution in [1.82, 2.24) is 14.3 Å². The average Bonchev–Trinajstić information content (AvgIpc) is 3.08. The van der Waals surface area contributed by atoms with Gasteiger partial charge in [-0.25, -0.2) is 8.78 Å². The molecule has 2 aromatic heterocycles. The molecule has 9 heteroatoms. The van der Waals surface area contributed by atoms with Crippen LogP contribution < -0.4 is 15.6 Å². The molecular formula is C21H22F2N4O3. The Kier molecular flexibility index (Phi) is 6.29. The monoisotopic (exact) mass is 416 g/mol. The summed E-state index contributed by atoms with van der Waals surface area (Å²) in [6.45, 7) is 3.87. The van der Waals surface area contributed by atoms with Crippen LogP contribution in [0.25, 0.3) is 0 Å². The molecule has 1 aromatic carbocycles. The fraction of sp³-hybridized carbons (Fsp3) is 0.286. The molecule has 0 aliphatic carbocycles. The number of nitrogens with zero attached hydrogens (tertiary/aromatic N) is 3. The van der Waals surface area contributed by atoms with E-state index in [1.165, 1.54) is 22.9 Å². The number of para-hydroxylation sites is 1. The average molecular weight is 416 g/mol. The Morgan fingerprint density at radius 3 is 2.43 bits per heavy atom. The summed E-state index contributed by atoms with van der Waals surface area (Å²) in [5.74, 6) is -2.29. The van der Waals surface area contributed by atoms with Crippen LogP contribution in [0.4, 0.5) is 14.6 Å². The minimum Gasteiger partial charge on any atom is -0.451 e. The molecule has 1 N–H and O–H groups in total. The highest BCUT2D eigenvalue weighted by Gasteiger charge is 2.24. The lowest BCUT2D eigenvalue weighted by atomic mass is 10.0. The lowest BCUT2D eigenvalue weighted by molar-refractivity contribution is -0.119. The molecule has 30 heavy (non-hydrogen) atoms. The van der Waals surface area contributed by atoms with E-state index in [9.17, 15) is 18.4 Å². The second-order valence-corrected chi connectivity index (χ2v) is 7.27. The van der Waals surface area contributed by atoms with E-state index in [1.54, 1.807) is 24.0 Å². The number of ether oxygens (including phenoxy) is 1. The van der Waals surface area contributed by atoms with Crippen molar-refractivity contribution >= 4 is 11.7 Å². The van der Waals surface area contributed by atoms with Gasteiger partial charge in [-0.1, -0.05) is 19.9 Å². The molecule has 0 radical (unpaired) electrons. The standard InChI is InChI=1S/C21H22F2N4O3/c1-13(2)11-17(21(29)24-18-8-9-26(3)25-18)27-10-7-14(12-19(27)28)30-20-15(22)5-4-6-16(20)23/h4-10,12-13,17H,11H2,1-3H3,(H,24,25,29). The van der Waals surface area contributed by atoms with Gasteiger partial charge in [0, 0.05) is 31.6 Å². The summed E-state index contributed by atoms with van der Waals surface area (Å²) in [6.07, 6.45) is 3.47. The van der Waals surface area contributed by atoms with Gasteiger partial charge in [-0.3, -0.25) is 14.3 Å². The van der Waals surface area contributed by atoms with Crippen molar-refractivity contribution in [2.45, 2.75) is 26.3 Å². The largest absolute Gasteiger partial charge is 0.451 e. The van der Waals surface area contributed by atoms with Crippen LogP contribution >= 0.6 is 0 Å². The summed E-state index contributed by atoms with van der Waals surface area (Å²) < 4.78 is 35.6. The van der Waals surface area contributed by atoms with Gasteiger partial charge in [0.25, 0.3) is 5.56 Å². The third-order valence-corrected chi connectivity index (χ3v) is 4.36. The van der Waals surface area contributed by atoms with Crippen molar-refractivity contribution in [2.75, 3.05) is 5.32 Å². The number of halogens is 2. The highest BCUT2D eigenvalue weighted by molar-refractivity contribution is 5.92. The smallest absolute Gasteiger partial charge is 0.254 e. The van der Waals surface area contributed by atoms with E-state index in [4.69, 9.17) is 4.74 Å². The van der Waals surface area contributed by atoms with E-state index in [-0.39, 0.29) is 11.7 Å². The third-order valence-electron chi connectivity index (χ3n) is 4.36. The second-order valence-electron chi connectivity index (χ2n) is 7.27. The molecule has 7 nitrogen and oxygen atoms in total. The van der Waals surface area contributed by atoms with Crippen LogP contribution in [-0.2, 0) is 11.8 Å². The molecule has 3 rings (SSSR count). The van der Waals surface area contributed by atoms with E-state index in [1.807, 2.05) is 13.8 Å². The molecule has 1 unspecified atom stereocenters. The summed E-state index contributed by atoms with van der Waals surface area (Å²) in [5, 5.41) is 6.81. The molecule has 0 bridgehead atoms. The number of hydrogen-bond acceptors (Lipinski definition) is 4. The van der Waals surface area contributed by atoms with Gasteiger partial charge >= 0.3 is 0 Å². The van der Waals surface area contributed by atoms with Gasteiger partial charge in [-0.15, -0.1) is 0 Å². The first-order chi connectivity index (χ1) is 14.2. The maximum absolute atomic E-state index is 13.8. The van der Waals surface area contributed by atoms with Crippen LogP contribution in [0, 0.1) is 17.6 Å². The van der Waals surface area contributed by atoms with Crippen LogP contribution in [0.2, 0.25) is 0 Å². The van der Waals surface area contributed by atoms with E-state index in [0.717, 1.165) is 18.2 Å². The van der Waals surface area contributed by atoms with Crippen molar-refractivity contribution in [3.05, 3.63) is 70.8 Å². The van der Waals surface area contributed by atoms with E-state index >= 15 is 0 Å². The van der Waals surface area contributed by atoms with Crippen molar-refractivity contribution in [3.8, 4) is 11.5 Å². The van der Waals surface area contributed by atoms with Crippen molar-refractivity contribution in [1.29, 1.82) is 0 Å². The number of amides is 1. The second kappa shape index (κ2) is 8.89. The van der Waals surface area contributed by atoms with Gasteiger partial charge < -0.3 is 14.6 Å². The van der Waals surface area contributed by atoms with Crippen molar-refractivity contribution in [3.63, 3.8) is 0 Å². The first-order valence-corrected chi connectivity index (χ1v) is 9.39. The number of pyridine rings is 1. The normalized spacial score (nSPS) is 12.1. The van der Waals surface area contributed by atoms with E-state index < -0.39 is 34.9 Å². The minimum absolute atomic E-state index is 0.0336. The quantitative estimate of drug-likeness (QED) is 0.634. The fourth-order valence-electron chi connectivity index (χ4n) is 2.98. The SMILES string of the molecule is CC(C)CC(C(=O)Nc1ccn(C)n1)n1ccc(Oc2c(F)cccc2F)cc1=O. The molecule has 1 amide bonds. The number of aryl methyl sites for hydroxylation is 1. The van der Waals surface area contributed by atoms with Crippen molar-refractivity contribution < 1.29 is 18.3 Å². The summed E-state index contributed by atoms with van der Waals surface area (Å²) in [5.41, 5.74) is -0.536. The lowest BCUT2D eigenvalue weighted by Crippen LogP contribution is -2.33. The molecule has 3 aromatic rings. The van der Waals surface area contributed by atoms with Crippen molar-refractivity contribution in [2.24, 2.45) is 13.0 Å². The number of hydrogen-bond donors (Lipinski definition) is 1. The summed E-state index contributed by atoms with van der Waals surface area (Å²) >= 11 is 0. The molecule has 0 saturated carbocycles. The van der Waals surface area contributed by atoms with Gasteiger partial charge in [0.05, 0.1) is 0 Å².